The van der Waals surface area contributed by atoms with Crippen LogP contribution in [0.1, 0.15) is 37.8 Å². The number of fused-ring (bicyclic) bond motifs is 1. The fraction of sp³-hybridized carbons (Fsp3) is 0.375. The number of benzene rings is 3. The van der Waals surface area contributed by atoms with Crippen molar-refractivity contribution < 1.29 is 53.2 Å². The number of tetrazole rings is 1. The molecular formula is C40H43ClN10O11. The number of carbonyl (C=O) groups is 6. The Kier molecular flexibility index (Phi) is 12.7. The Morgan fingerprint density at radius 1 is 1.03 bits per heavy atom. The maximum atomic E-state index is 14.6. The van der Waals surface area contributed by atoms with E-state index in [4.69, 9.17) is 25.8 Å². The van der Waals surface area contributed by atoms with Crippen LogP contribution in [0.5, 0.6) is 0 Å². The van der Waals surface area contributed by atoms with Crippen LogP contribution >= 0.6 is 11.6 Å². The molecule has 7 rings (SSSR count). The number of likely N-dealkylation sites (tertiary alicyclic amines) is 1. The first kappa shape index (κ1) is 43.4. The van der Waals surface area contributed by atoms with Gasteiger partial charge in [-0.25, -0.2) is 24.3 Å². The molecule has 0 spiro atoms. The quantitative estimate of drug-likeness (QED) is 0.0693. The number of urea groups is 1. The van der Waals surface area contributed by atoms with Crippen LogP contribution in [0.3, 0.4) is 0 Å². The zero-order valence-electron chi connectivity index (χ0n) is 33.5. The average Bonchev–Trinajstić information content (AvgIpc) is 3.99. The molecule has 2 saturated heterocycles. The topological polar surface area (TPSA) is 260 Å². The number of anilines is 3. The Hall–Kier alpha value is -6.68. The number of carbonyl (C=O) groups excluding carboxylic acids is 4. The van der Waals surface area contributed by atoms with Gasteiger partial charge in [0.25, 0.3) is 0 Å². The maximum absolute atomic E-state index is 14.6. The Morgan fingerprint density at radius 2 is 1.77 bits per heavy atom. The number of aldehydes is 1. The third-order valence-electron chi connectivity index (χ3n) is 10.6. The number of ether oxygens (including phenoxy) is 3. The molecule has 3 atom stereocenters. The van der Waals surface area contributed by atoms with E-state index >= 15 is 0 Å². The highest BCUT2D eigenvalue weighted by molar-refractivity contribution is 6.31. The van der Waals surface area contributed by atoms with Gasteiger partial charge in [-0.3, -0.25) is 19.8 Å². The van der Waals surface area contributed by atoms with Gasteiger partial charge in [0.05, 0.1) is 36.4 Å². The SMILES string of the molecule is CC1(C)OC[C@@H](COC2CCN(C(=O)Nc3ccc(CC(C(=O)N[C@@]4(C(=O)O)Cc5ccccc5N4C(=O)O)N(Nc4cc(Cl)ccc4-n4cnnn4)C(=O)C=O)cc3)CC2)O1. The van der Waals surface area contributed by atoms with E-state index in [0.29, 0.717) is 65.9 Å². The van der Waals surface area contributed by atoms with Crippen molar-refractivity contribution in [3.05, 3.63) is 89.2 Å². The van der Waals surface area contributed by atoms with Gasteiger partial charge >= 0.3 is 24.0 Å². The van der Waals surface area contributed by atoms with Crippen LogP contribution in [-0.2, 0) is 46.2 Å². The molecule has 1 aromatic heterocycles. The summed E-state index contributed by atoms with van der Waals surface area (Å²) >= 11 is 6.33. The van der Waals surface area contributed by atoms with Crippen LogP contribution in [0, 0.1) is 0 Å². The molecule has 62 heavy (non-hydrogen) atoms. The molecule has 3 aliphatic heterocycles. The summed E-state index contributed by atoms with van der Waals surface area (Å²) < 4.78 is 18.7. The summed E-state index contributed by atoms with van der Waals surface area (Å²) in [6.07, 6.45) is -0.220. The van der Waals surface area contributed by atoms with Crippen molar-refractivity contribution in [2.75, 3.05) is 41.9 Å². The summed E-state index contributed by atoms with van der Waals surface area (Å²) in [5.74, 6) is -4.74. The number of aromatic nitrogens is 4. The number of carboxylic acid groups (broad SMARTS) is 2. The van der Waals surface area contributed by atoms with Crippen molar-refractivity contribution in [3.63, 3.8) is 0 Å². The van der Waals surface area contributed by atoms with E-state index in [1.165, 1.54) is 47.4 Å². The second-order valence-electron chi connectivity index (χ2n) is 15.2. The van der Waals surface area contributed by atoms with Crippen molar-refractivity contribution in [1.29, 1.82) is 0 Å². The zero-order valence-corrected chi connectivity index (χ0v) is 34.2. The Labute approximate surface area is 358 Å². The lowest BCUT2D eigenvalue weighted by atomic mass is 10.0. The molecule has 3 aromatic carbocycles. The second-order valence-corrected chi connectivity index (χ2v) is 15.7. The van der Waals surface area contributed by atoms with Crippen molar-refractivity contribution in [1.82, 2.24) is 35.4 Å². The first-order chi connectivity index (χ1) is 29.7. The van der Waals surface area contributed by atoms with E-state index in [-0.39, 0.29) is 53.0 Å². The Balaban J connectivity index is 1.11. The molecule has 326 valence electrons. The van der Waals surface area contributed by atoms with Crippen LogP contribution in [0.2, 0.25) is 5.02 Å². The van der Waals surface area contributed by atoms with Gasteiger partial charge in [0.2, 0.25) is 17.9 Å². The summed E-state index contributed by atoms with van der Waals surface area (Å²) in [7, 11) is 0. The fourth-order valence-electron chi connectivity index (χ4n) is 7.62. The number of rotatable bonds is 14. The molecule has 0 bridgehead atoms. The van der Waals surface area contributed by atoms with E-state index in [1.807, 2.05) is 13.8 Å². The smallest absolute Gasteiger partial charge is 0.414 e. The first-order valence-corrected chi connectivity index (χ1v) is 19.9. The number of piperidine rings is 1. The molecule has 21 nitrogen and oxygen atoms in total. The molecule has 22 heteroatoms. The average molecular weight is 875 g/mol. The molecule has 1 unspecified atom stereocenters. The lowest BCUT2D eigenvalue weighted by Crippen LogP contribution is -2.69. The zero-order chi connectivity index (χ0) is 44.2. The minimum atomic E-state index is -2.56. The van der Waals surface area contributed by atoms with E-state index in [1.54, 1.807) is 35.2 Å². The normalized spacial score (nSPS) is 19.9. The molecule has 3 aliphatic rings. The molecule has 5 N–H and O–H groups in total. The number of aliphatic carboxylic acids is 1. The Bertz CT molecular complexity index is 2330. The maximum Gasteiger partial charge on any atom is 0.414 e. The number of para-hydroxylation sites is 1. The monoisotopic (exact) mass is 874 g/mol. The first-order valence-electron chi connectivity index (χ1n) is 19.5. The van der Waals surface area contributed by atoms with E-state index in [0.717, 1.165) is 0 Å². The molecule has 4 aromatic rings. The minimum Gasteiger partial charge on any atom is -0.478 e. The van der Waals surface area contributed by atoms with Crippen LogP contribution in [0.25, 0.3) is 5.69 Å². The van der Waals surface area contributed by atoms with Crippen LogP contribution in [0.15, 0.2) is 73.1 Å². The van der Waals surface area contributed by atoms with Crippen molar-refractivity contribution >= 4 is 64.9 Å². The van der Waals surface area contributed by atoms with Gasteiger partial charge in [-0.15, -0.1) is 5.10 Å². The summed E-state index contributed by atoms with van der Waals surface area (Å²) in [4.78, 5) is 81.6. The third kappa shape index (κ3) is 9.44. The lowest BCUT2D eigenvalue weighted by Gasteiger charge is -2.37. The number of halogens is 1. The molecule has 5 amide bonds. The molecule has 2 fully saturated rings. The largest absolute Gasteiger partial charge is 0.478 e. The lowest BCUT2D eigenvalue weighted by molar-refractivity contribution is -0.149. The third-order valence-corrected chi connectivity index (χ3v) is 10.9. The number of nitrogens with one attached hydrogen (secondary N) is 3. The summed E-state index contributed by atoms with van der Waals surface area (Å²) in [5.41, 5.74) is 1.68. The van der Waals surface area contributed by atoms with Crippen LogP contribution in [-0.4, -0.2) is 133 Å². The van der Waals surface area contributed by atoms with Gasteiger partial charge in [-0.2, -0.15) is 4.68 Å². The van der Waals surface area contributed by atoms with Crippen molar-refractivity contribution in [2.45, 2.75) is 69.2 Å². The molecule has 0 radical (unpaired) electrons. The summed E-state index contributed by atoms with van der Waals surface area (Å²) in [5, 5.41) is 38.1. The van der Waals surface area contributed by atoms with Gasteiger partial charge in [0.1, 0.15) is 18.5 Å². The van der Waals surface area contributed by atoms with Gasteiger partial charge in [-0.05, 0) is 84.6 Å². The van der Waals surface area contributed by atoms with E-state index < -0.39 is 47.8 Å². The number of nitrogens with zero attached hydrogens (tertiary/aromatic N) is 7. The minimum absolute atomic E-state index is 0.0349. The number of carboxylic acids is 1. The molecule has 0 saturated carbocycles. The van der Waals surface area contributed by atoms with Crippen LogP contribution in [0.4, 0.5) is 26.7 Å². The standard InChI is InChI=1S/C40H43ClN10O11/c1-39(2)61-22-29(62-39)21-60-28-13-15-48(16-14-28)37(57)43-27-10-7-24(8-11-27)17-33(35(54)44-40(36(55)56)19-25-5-3-4-6-31(25)50(40)38(58)59)51(34(53)20-52)45-30-18-26(41)9-12-32(30)49-23-42-46-47-49/h3-12,18,20,23,28-29,33,45H,13-17,19,21-22H2,1-2H3,(H,43,57)(H,44,54)(H,55,56)(H,58,59)/t29-,33?,40+/m1/s1. The number of amides is 5. The predicted molar refractivity (Wildman–Crippen MR) is 218 cm³/mol. The highest BCUT2D eigenvalue weighted by Crippen LogP contribution is 2.38. The predicted octanol–water partition coefficient (Wildman–Crippen LogP) is 3.08. The fourth-order valence-corrected chi connectivity index (χ4v) is 7.80. The second kappa shape index (κ2) is 18.1. The number of hydrazine groups is 1. The molecule has 4 heterocycles. The van der Waals surface area contributed by atoms with Gasteiger partial charge in [0.15, 0.2) is 5.79 Å². The van der Waals surface area contributed by atoms with Gasteiger partial charge < -0.3 is 40.0 Å². The highest BCUT2D eigenvalue weighted by Gasteiger charge is 2.55. The highest BCUT2D eigenvalue weighted by atomic mass is 35.5. The molecular weight excluding hydrogens is 832 g/mol. The number of hydrogen-bond donors (Lipinski definition) is 5. The van der Waals surface area contributed by atoms with Gasteiger partial charge in [-0.1, -0.05) is 41.9 Å². The van der Waals surface area contributed by atoms with Crippen molar-refractivity contribution in [3.8, 4) is 5.69 Å². The molecule has 0 aliphatic carbocycles. The number of hydrogen-bond acceptors (Lipinski definition) is 13. The summed E-state index contributed by atoms with van der Waals surface area (Å²) in [6, 6.07) is 14.7. The van der Waals surface area contributed by atoms with Gasteiger partial charge in [0, 0.05) is 36.6 Å². The van der Waals surface area contributed by atoms with E-state index in [2.05, 4.69) is 31.6 Å². The van der Waals surface area contributed by atoms with E-state index in [9.17, 15) is 39.0 Å². The Morgan fingerprint density at radius 3 is 2.42 bits per heavy atom. The summed E-state index contributed by atoms with van der Waals surface area (Å²) in [6.45, 7) is 5.45. The van der Waals surface area contributed by atoms with Crippen LogP contribution < -0.4 is 21.0 Å². The van der Waals surface area contributed by atoms with Crippen molar-refractivity contribution in [2.24, 2.45) is 0 Å².